The lowest BCUT2D eigenvalue weighted by molar-refractivity contribution is 0.891. The summed E-state index contributed by atoms with van der Waals surface area (Å²) in [6.07, 6.45) is 0. The van der Waals surface area contributed by atoms with Gasteiger partial charge in [0.2, 0.25) is 0 Å². The highest BCUT2D eigenvalue weighted by atomic mass is 79.9. The number of hydrogen-bond donors (Lipinski definition) is 0. The Bertz CT molecular complexity index is 103. The Morgan fingerprint density at radius 2 is 1.38 bits per heavy atom. The molecule has 3 heteroatoms. The largest absolute Gasteiger partial charge is 0.0997 e. The van der Waals surface area contributed by atoms with Crippen molar-refractivity contribution in [3.63, 3.8) is 0 Å². The molecule has 1 aliphatic rings. The lowest BCUT2D eigenvalue weighted by Gasteiger charge is -1.97. The highest BCUT2D eigenvalue weighted by molar-refractivity contribution is 9.26. The molecule has 0 N–H and O–H groups in total. The molecular formula is C5H7Br3. The molecule has 0 aliphatic heterocycles. The predicted octanol–water partition coefficient (Wildman–Crippen LogP) is 3.28. The SMILES string of the molecule is CC1C(C)(Br)C1(Br)Br. The fourth-order valence-electron chi connectivity index (χ4n) is 0.696. The normalized spacial score (nSPS) is 51.4. The Labute approximate surface area is 74.8 Å². The molecule has 8 heavy (non-hydrogen) atoms. The summed E-state index contributed by atoms with van der Waals surface area (Å²) in [6, 6.07) is 0. The standard InChI is InChI=1S/C5H7Br3/c1-3-4(2,6)5(3,7)8/h3H,1-2H3. The average molecular weight is 307 g/mol. The summed E-state index contributed by atoms with van der Waals surface area (Å²) in [6.45, 7) is 4.36. The highest BCUT2D eigenvalue weighted by Crippen LogP contribution is 2.69. The molecule has 1 fully saturated rings. The summed E-state index contributed by atoms with van der Waals surface area (Å²) in [4.78, 5) is 0. The van der Waals surface area contributed by atoms with E-state index < -0.39 is 0 Å². The number of alkyl halides is 3. The van der Waals surface area contributed by atoms with Gasteiger partial charge in [0.05, 0.1) is 7.56 Å². The first kappa shape index (κ1) is 7.55. The van der Waals surface area contributed by atoms with Crippen molar-refractivity contribution in [2.24, 2.45) is 5.92 Å². The maximum absolute atomic E-state index is 3.58. The zero-order valence-electron chi connectivity index (χ0n) is 4.71. The number of rotatable bonds is 0. The van der Waals surface area contributed by atoms with Crippen LogP contribution in [-0.2, 0) is 0 Å². The molecule has 48 valence electrons. The molecule has 0 saturated heterocycles. The maximum Gasteiger partial charge on any atom is 0.0997 e. The molecule has 2 unspecified atom stereocenters. The molecule has 0 bridgehead atoms. The lowest BCUT2D eigenvalue weighted by atomic mass is 10.4. The van der Waals surface area contributed by atoms with Crippen molar-refractivity contribution < 1.29 is 0 Å². The second kappa shape index (κ2) is 1.73. The van der Waals surface area contributed by atoms with Crippen molar-refractivity contribution in [3.05, 3.63) is 0 Å². The molecule has 1 aliphatic carbocycles. The van der Waals surface area contributed by atoms with Crippen LogP contribution in [0.2, 0.25) is 0 Å². The van der Waals surface area contributed by atoms with Gasteiger partial charge in [-0.1, -0.05) is 54.7 Å². The van der Waals surface area contributed by atoms with Gasteiger partial charge in [-0.3, -0.25) is 0 Å². The molecule has 0 spiro atoms. The van der Waals surface area contributed by atoms with Crippen molar-refractivity contribution >= 4 is 47.8 Å². The van der Waals surface area contributed by atoms with Crippen molar-refractivity contribution in [2.75, 3.05) is 0 Å². The second-order valence-corrected chi connectivity index (χ2v) is 7.63. The zero-order chi connectivity index (χ0) is 6.58. The Morgan fingerprint density at radius 3 is 1.38 bits per heavy atom. The monoisotopic (exact) mass is 304 g/mol. The van der Waals surface area contributed by atoms with Crippen molar-refractivity contribution in [3.8, 4) is 0 Å². The van der Waals surface area contributed by atoms with E-state index in [1.807, 2.05) is 0 Å². The molecule has 1 rings (SSSR count). The summed E-state index contributed by atoms with van der Waals surface area (Å²) in [7, 11) is 0. The van der Waals surface area contributed by atoms with E-state index in [0.717, 1.165) is 0 Å². The summed E-state index contributed by atoms with van der Waals surface area (Å²) in [5.74, 6) is 0.662. The van der Waals surface area contributed by atoms with Crippen LogP contribution in [0.15, 0.2) is 0 Å². The Hall–Kier alpha value is 1.44. The molecule has 0 aromatic carbocycles. The predicted molar refractivity (Wildman–Crippen MR) is 47.1 cm³/mol. The quantitative estimate of drug-likeness (QED) is 0.603. The van der Waals surface area contributed by atoms with Crippen LogP contribution in [0.4, 0.5) is 0 Å². The molecule has 0 amide bonds. The van der Waals surface area contributed by atoms with Crippen LogP contribution in [0.5, 0.6) is 0 Å². The first-order chi connectivity index (χ1) is 3.40. The van der Waals surface area contributed by atoms with E-state index in [1.54, 1.807) is 0 Å². The molecule has 0 aromatic rings. The van der Waals surface area contributed by atoms with Gasteiger partial charge in [0.25, 0.3) is 0 Å². The van der Waals surface area contributed by atoms with Crippen LogP contribution in [0.1, 0.15) is 13.8 Å². The van der Waals surface area contributed by atoms with Gasteiger partial charge in [0.1, 0.15) is 0 Å². The Kier molecular flexibility index (Phi) is 1.63. The van der Waals surface area contributed by atoms with Crippen LogP contribution >= 0.6 is 47.8 Å². The molecule has 0 nitrogen and oxygen atoms in total. The minimum atomic E-state index is 0.146. The van der Waals surface area contributed by atoms with Crippen LogP contribution in [0, 0.1) is 5.92 Å². The van der Waals surface area contributed by atoms with Crippen LogP contribution in [0.25, 0.3) is 0 Å². The first-order valence-electron chi connectivity index (χ1n) is 2.47. The Morgan fingerprint density at radius 1 is 1.25 bits per heavy atom. The molecule has 0 heterocycles. The summed E-state index contributed by atoms with van der Waals surface area (Å²) in [5.41, 5.74) is 0. The van der Waals surface area contributed by atoms with Gasteiger partial charge in [-0.2, -0.15) is 0 Å². The topological polar surface area (TPSA) is 0 Å². The first-order valence-corrected chi connectivity index (χ1v) is 4.85. The van der Waals surface area contributed by atoms with Gasteiger partial charge in [-0.25, -0.2) is 0 Å². The highest BCUT2D eigenvalue weighted by Gasteiger charge is 2.68. The van der Waals surface area contributed by atoms with E-state index in [4.69, 9.17) is 0 Å². The van der Waals surface area contributed by atoms with Crippen LogP contribution < -0.4 is 0 Å². The Balaban J connectivity index is 2.72. The van der Waals surface area contributed by atoms with Gasteiger partial charge in [0, 0.05) is 0 Å². The number of hydrogen-bond acceptors (Lipinski definition) is 0. The average Bonchev–Trinajstić information content (AvgIpc) is 1.88. The van der Waals surface area contributed by atoms with Gasteiger partial charge in [-0.05, 0) is 12.8 Å². The third-order valence-corrected chi connectivity index (χ3v) is 7.32. The third kappa shape index (κ3) is 0.739. The molecule has 2 atom stereocenters. The summed E-state index contributed by atoms with van der Waals surface area (Å²) >= 11 is 10.7. The molecular weight excluding hydrogens is 300 g/mol. The van der Waals surface area contributed by atoms with Gasteiger partial charge >= 0.3 is 0 Å². The van der Waals surface area contributed by atoms with E-state index in [9.17, 15) is 0 Å². The van der Waals surface area contributed by atoms with Gasteiger partial charge < -0.3 is 0 Å². The van der Waals surface area contributed by atoms with Gasteiger partial charge in [-0.15, -0.1) is 0 Å². The minimum absolute atomic E-state index is 0.146. The van der Waals surface area contributed by atoms with Crippen LogP contribution in [0.3, 0.4) is 0 Å². The zero-order valence-corrected chi connectivity index (χ0v) is 9.47. The van der Waals surface area contributed by atoms with Crippen molar-refractivity contribution in [1.29, 1.82) is 0 Å². The summed E-state index contributed by atoms with van der Waals surface area (Å²) in [5, 5.41) is 0. The van der Waals surface area contributed by atoms with E-state index in [2.05, 4.69) is 61.6 Å². The fourth-order valence-corrected chi connectivity index (χ4v) is 3.26. The molecule has 0 aromatic heterocycles. The van der Waals surface area contributed by atoms with E-state index >= 15 is 0 Å². The molecule has 0 radical (unpaired) electrons. The number of halogens is 3. The summed E-state index contributed by atoms with van der Waals surface area (Å²) < 4.78 is 0.396. The minimum Gasteiger partial charge on any atom is -0.0828 e. The second-order valence-electron chi connectivity index (χ2n) is 2.42. The fraction of sp³-hybridized carbons (Fsp3) is 1.00. The third-order valence-electron chi connectivity index (χ3n) is 1.93. The van der Waals surface area contributed by atoms with Crippen molar-refractivity contribution in [2.45, 2.75) is 21.4 Å². The molecule has 1 saturated carbocycles. The van der Waals surface area contributed by atoms with E-state index in [1.165, 1.54) is 0 Å². The van der Waals surface area contributed by atoms with E-state index in [0.29, 0.717) is 5.92 Å². The van der Waals surface area contributed by atoms with Crippen LogP contribution in [-0.4, -0.2) is 7.56 Å². The van der Waals surface area contributed by atoms with E-state index in [-0.39, 0.29) is 7.56 Å². The van der Waals surface area contributed by atoms with Crippen molar-refractivity contribution in [1.82, 2.24) is 0 Å². The smallest absolute Gasteiger partial charge is 0.0828 e. The lowest BCUT2D eigenvalue weighted by Crippen LogP contribution is -1.98. The van der Waals surface area contributed by atoms with Gasteiger partial charge in [0.15, 0.2) is 0 Å². The maximum atomic E-state index is 3.58.